The molecule has 0 radical (unpaired) electrons. The van der Waals surface area contributed by atoms with Gasteiger partial charge in [0.05, 0.1) is 24.3 Å². The number of H-pyrrole nitrogens is 1. The minimum absolute atomic E-state index is 0.00539. The summed E-state index contributed by atoms with van der Waals surface area (Å²) in [4.78, 5) is 16.5. The number of aromatic nitrogens is 1. The molecule has 0 bridgehead atoms. The molecule has 24 heavy (non-hydrogen) atoms. The van der Waals surface area contributed by atoms with Gasteiger partial charge in [0.2, 0.25) is 0 Å². The van der Waals surface area contributed by atoms with Crippen LogP contribution in [0.1, 0.15) is 46.6 Å². The minimum atomic E-state index is -0.406. The Morgan fingerprint density at radius 3 is 2.71 bits per heavy atom. The number of nitrogens with one attached hydrogen (secondary N) is 1. The Kier molecular flexibility index (Phi) is 2.86. The third-order valence-electron chi connectivity index (χ3n) is 4.90. The van der Waals surface area contributed by atoms with Crippen LogP contribution in [0.25, 0.3) is 10.9 Å². The molecule has 0 unspecified atom stereocenters. The van der Waals surface area contributed by atoms with Crippen molar-refractivity contribution in [1.29, 1.82) is 5.26 Å². The lowest BCUT2D eigenvalue weighted by Gasteiger charge is -2.33. The topological polar surface area (TPSA) is 65.9 Å². The van der Waals surface area contributed by atoms with Gasteiger partial charge in [0.15, 0.2) is 5.78 Å². The highest BCUT2D eigenvalue weighted by atomic mass is 16.5. The Morgan fingerprint density at radius 2 is 2.00 bits per heavy atom. The summed E-state index contributed by atoms with van der Waals surface area (Å²) in [5, 5.41) is 9.97. The van der Waals surface area contributed by atoms with E-state index in [-0.39, 0.29) is 5.78 Å². The number of hydrogen-bond donors (Lipinski definition) is 1. The molecule has 2 aromatic carbocycles. The molecule has 0 amide bonds. The van der Waals surface area contributed by atoms with Crippen molar-refractivity contribution in [2.24, 2.45) is 0 Å². The largest absolute Gasteiger partial charge is 0.496 e. The van der Waals surface area contributed by atoms with Crippen LogP contribution in [0.2, 0.25) is 0 Å². The van der Waals surface area contributed by atoms with E-state index in [1.807, 2.05) is 24.3 Å². The second-order valence-corrected chi connectivity index (χ2v) is 6.58. The van der Waals surface area contributed by atoms with Crippen molar-refractivity contribution in [3.8, 4) is 11.8 Å². The number of aromatic amines is 1. The predicted octanol–water partition coefficient (Wildman–Crippen LogP) is 3.92. The van der Waals surface area contributed by atoms with Crippen LogP contribution < -0.4 is 4.74 Å². The first-order chi connectivity index (χ1) is 11.5. The van der Waals surface area contributed by atoms with Crippen LogP contribution in [0.5, 0.6) is 5.75 Å². The molecule has 3 aromatic rings. The van der Waals surface area contributed by atoms with Crippen LogP contribution >= 0.6 is 0 Å². The third kappa shape index (κ3) is 1.70. The molecule has 0 fully saturated rings. The maximum atomic E-state index is 13.2. The van der Waals surface area contributed by atoms with E-state index in [1.165, 1.54) is 0 Å². The number of methoxy groups -OCH3 is 1. The Morgan fingerprint density at radius 1 is 1.21 bits per heavy atom. The van der Waals surface area contributed by atoms with Crippen LogP contribution in [0.3, 0.4) is 0 Å². The highest BCUT2D eigenvalue weighted by molar-refractivity contribution is 6.20. The summed E-state index contributed by atoms with van der Waals surface area (Å²) in [6.07, 6.45) is 0. The first-order valence-corrected chi connectivity index (χ1v) is 7.77. The van der Waals surface area contributed by atoms with Crippen molar-refractivity contribution >= 4 is 16.7 Å². The highest BCUT2D eigenvalue weighted by Gasteiger charge is 2.41. The first kappa shape index (κ1) is 14.5. The number of nitriles is 1. The lowest BCUT2D eigenvalue weighted by atomic mass is 9.71. The zero-order valence-corrected chi connectivity index (χ0v) is 13.7. The molecule has 0 saturated carbocycles. The van der Waals surface area contributed by atoms with Crippen LogP contribution in [-0.2, 0) is 5.41 Å². The summed E-state index contributed by atoms with van der Waals surface area (Å²) in [7, 11) is 1.62. The molecule has 4 heteroatoms. The van der Waals surface area contributed by atoms with E-state index in [0.717, 1.165) is 22.2 Å². The smallest absolute Gasteiger partial charge is 0.195 e. The zero-order chi connectivity index (χ0) is 17.1. The van der Waals surface area contributed by atoms with E-state index in [9.17, 15) is 4.79 Å². The van der Waals surface area contributed by atoms with Gasteiger partial charge >= 0.3 is 0 Å². The number of ether oxygens (including phenoxy) is 1. The van der Waals surface area contributed by atoms with Crippen molar-refractivity contribution in [1.82, 2.24) is 4.98 Å². The molecule has 4 rings (SSSR count). The molecule has 1 aliphatic carbocycles. The molecule has 0 atom stereocenters. The van der Waals surface area contributed by atoms with Gasteiger partial charge in [-0.1, -0.05) is 32.0 Å². The normalized spacial score (nSPS) is 14.8. The third-order valence-corrected chi connectivity index (χ3v) is 4.90. The molecule has 118 valence electrons. The standard InChI is InChI=1S/C20H16N2O2/c1-20(2)17-13(5-4-6-15(17)24-3)18(23)16-12-8-7-11(10-21)9-14(12)22-19(16)20/h4-9,22H,1-3H3. The van der Waals surface area contributed by atoms with E-state index in [1.54, 1.807) is 19.2 Å². The fourth-order valence-electron chi connectivity index (χ4n) is 3.77. The summed E-state index contributed by atoms with van der Waals surface area (Å²) >= 11 is 0. The van der Waals surface area contributed by atoms with Gasteiger partial charge in [0.25, 0.3) is 0 Å². The van der Waals surface area contributed by atoms with Gasteiger partial charge in [0, 0.05) is 33.1 Å². The van der Waals surface area contributed by atoms with Crippen molar-refractivity contribution in [3.05, 3.63) is 64.3 Å². The van der Waals surface area contributed by atoms with Crippen LogP contribution in [0.4, 0.5) is 0 Å². The molecule has 4 nitrogen and oxygen atoms in total. The summed E-state index contributed by atoms with van der Waals surface area (Å²) in [5.74, 6) is 0.710. The van der Waals surface area contributed by atoms with Crippen LogP contribution in [-0.4, -0.2) is 17.9 Å². The number of hydrogen-bond acceptors (Lipinski definition) is 3. The van der Waals surface area contributed by atoms with Crippen molar-refractivity contribution in [2.75, 3.05) is 7.11 Å². The summed E-state index contributed by atoms with van der Waals surface area (Å²) in [6, 6.07) is 13.1. The van der Waals surface area contributed by atoms with Gasteiger partial charge in [-0.2, -0.15) is 5.26 Å². The van der Waals surface area contributed by atoms with E-state index in [0.29, 0.717) is 22.4 Å². The summed E-state index contributed by atoms with van der Waals surface area (Å²) in [5.41, 5.74) is 4.12. The second kappa shape index (κ2) is 4.72. The molecule has 1 N–H and O–H groups in total. The monoisotopic (exact) mass is 316 g/mol. The lowest BCUT2D eigenvalue weighted by Crippen LogP contribution is -2.30. The lowest BCUT2D eigenvalue weighted by molar-refractivity contribution is 0.103. The van der Waals surface area contributed by atoms with Gasteiger partial charge in [0.1, 0.15) is 5.75 Å². The quantitative estimate of drug-likeness (QED) is 0.740. The number of rotatable bonds is 1. The number of carbonyl (C=O) groups is 1. The van der Waals surface area contributed by atoms with Gasteiger partial charge in [-0.15, -0.1) is 0 Å². The van der Waals surface area contributed by atoms with Gasteiger partial charge < -0.3 is 9.72 Å². The summed E-state index contributed by atoms with van der Waals surface area (Å²) < 4.78 is 5.51. The Balaban J connectivity index is 2.10. The van der Waals surface area contributed by atoms with Gasteiger partial charge in [-0.25, -0.2) is 0 Å². The Labute approximate surface area is 139 Å². The van der Waals surface area contributed by atoms with Crippen molar-refractivity contribution in [2.45, 2.75) is 19.3 Å². The molecule has 0 saturated heterocycles. The van der Waals surface area contributed by atoms with Crippen molar-refractivity contribution in [3.63, 3.8) is 0 Å². The Bertz CT molecular complexity index is 1050. The number of benzene rings is 2. The number of carbonyl (C=O) groups excluding carboxylic acids is 1. The van der Waals surface area contributed by atoms with Gasteiger partial charge in [-0.3, -0.25) is 4.79 Å². The van der Waals surface area contributed by atoms with Crippen LogP contribution in [0.15, 0.2) is 36.4 Å². The molecule has 0 aliphatic heterocycles. The fraction of sp³-hybridized carbons (Fsp3) is 0.200. The zero-order valence-electron chi connectivity index (χ0n) is 13.7. The predicted molar refractivity (Wildman–Crippen MR) is 91.6 cm³/mol. The Hall–Kier alpha value is -3.06. The second-order valence-electron chi connectivity index (χ2n) is 6.58. The molecular weight excluding hydrogens is 300 g/mol. The minimum Gasteiger partial charge on any atom is -0.496 e. The van der Waals surface area contributed by atoms with E-state index < -0.39 is 5.41 Å². The maximum Gasteiger partial charge on any atom is 0.195 e. The van der Waals surface area contributed by atoms with Crippen molar-refractivity contribution < 1.29 is 9.53 Å². The number of nitrogens with zero attached hydrogens (tertiary/aromatic N) is 1. The van der Waals surface area contributed by atoms with Gasteiger partial charge in [-0.05, 0) is 18.2 Å². The first-order valence-electron chi connectivity index (χ1n) is 7.77. The fourth-order valence-corrected chi connectivity index (χ4v) is 3.77. The van der Waals surface area contributed by atoms with E-state index in [2.05, 4.69) is 24.9 Å². The average Bonchev–Trinajstić information content (AvgIpc) is 2.99. The number of fused-ring (bicyclic) bond motifs is 4. The molecular formula is C20H16N2O2. The van der Waals surface area contributed by atoms with E-state index in [4.69, 9.17) is 10.00 Å². The average molecular weight is 316 g/mol. The summed E-state index contributed by atoms with van der Waals surface area (Å²) in [6.45, 7) is 4.17. The molecule has 1 aliphatic rings. The maximum absolute atomic E-state index is 13.2. The molecule has 1 aromatic heterocycles. The van der Waals surface area contributed by atoms with E-state index >= 15 is 0 Å². The SMILES string of the molecule is COc1cccc2c1C(C)(C)c1[nH]c3cc(C#N)ccc3c1C2=O. The molecule has 0 spiro atoms. The number of ketones is 1. The highest BCUT2D eigenvalue weighted by Crippen LogP contribution is 2.47. The van der Waals surface area contributed by atoms with Crippen LogP contribution in [0, 0.1) is 11.3 Å². The molecule has 1 heterocycles.